The number of aromatic nitrogens is 2. The molecule has 0 unspecified atom stereocenters. The first-order chi connectivity index (χ1) is 11.6. The maximum absolute atomic E-state index is 12.3. The molecule has 0 saturated heterocycles. The van der Waals surface area contributed by atoms with Crippen molar-refractivity contribution in [2.75, 3.05) is 29.9 Å². The minimum Gasteiger partial charge on any atom is -0.477 e. The van der Waals surface area contributed by atoms with Crippen molar-refractivity contribution in [3.8, 4) is 5.88 Å². The fourth-order valence-corrected chi connectivity index (χ4v) is 2.43. The first-order valence-electron chi connectivity index (χ1n) is 8.22. The van der Waals surface area contributed by atoms with Gasteiger partial charge in [-0.25, -0.2) is 0 Å². The number of benzene rings is 1. The molecular formula is C18H24N4O2. The second-order valence-electron chi connectivity index (χ2n) is 5.32. The summed E-state index contributed by atoms with van der Waals surface area (Å²) < 4.78 is 5.22. The van der Waals surface area contributed by atoms with Crippen molar-refractivity contribution < 1.29 is 9.53 Å². The molecule has 6 heteroatoms. The molecular weight excluding hydrogens is 304 g/mol. The zero-order valence-corrected chi connectivity index (χ0v) is 14.7. The van der Waals surface area contributed by atoms with Crippen LogP contribution in [0.1, 0.15) is 36.8 Å². The van der Waals surface area contributed by atoms with E-state index in [0.717, 1.165) is 30.0 Å². The second-order valence-corrected chi connectivity index (χ2v) is 5.32. The van der Waals surface area contributed by atoms with E-state index in [4.69, 9.17) is 4.74 Å². The van der Waals surface area contributed by atoms with Gasteiger partial charge in [-0.15, -0.1) is 10.2 Å². The van der Waals surface area contributed by atoms with E-state index in [1.54, 1.807) is 12.1 Å². The van der Waals surface area contributed by atoms with E-state index in [1.165, 1.54) is 0 Å². The van der Waals surface area contributed by atoms with Crippen molar-refractivity contribution in [1.82, 2.24) is 10.2 Å². The quantitative estimate of drug-likeness (QED) is 0.845. The number of nitrogens with zero attached hydrogens (tertiary/aromatic N) is 3. The Morgan fingerprint density at radius 1 is 1.12 bits per heavy atom. The summed E-state index contributed by atoms with van der Waals surface area (Å²) in [5.74, 6) is 0.123. The molecule has 0 saturated carbocycles. The highest BCUT2D eigenvalue weighted by Gasteiger charge is 2.11. The zero-order chi connectivity index (χ0) is 17.5. The van der Waals surface area contributed by atoms with Crippen molar-refractivity contribution in [2.45, 2.75) is 27.7 Å². The fourth-order valence-electron chi connectivity index (χ4n) is 2.43. The summed E-state index contributed by atoms with van der Waals surface area (Å²) in [4.78, 5) is 14.6. The smallest absolute Gasteiger partial charge is 0.276 e. The highest BCUT2D eigenvalue weighted by atomic mass is 16.5. The number of ether oxygens (including phenoxy) is 1. The molecule has 0 radical (unpaired) electrons. The van der Waals surface area contributed by atoms with Crippen molar-refractivity contribution in [3.63, 3.8) is 0 Å². The Morgan fingerprint density at radius 2 is 1.88 bits per heavy atom. The summed E-state index contributed by atoms with van der Waals surface area (Å²) in [5.41, 5.74) is 3.18. The highest BCUT2D eigenvalue weighted by molar-refractivity contribution is 6.03. The van der Waals surface area contributed by atoms with Gasteiger partial charge in [0.25, 0.3) is 5.91 Å². The van der Waals surface area contributed by atoms with Crippen molar-refractivity contribution in [3.05, 3.63) is 41.6 Å². The molecule has 0 spiro atoms. The summed E-state index contributed by atoms with van der Waals surface area (Å²) in [6, 6.07) is 9.25. The van der Waals surface area contributed by atoms with Crippen LogP contribution < -0.4 is 15.0 Å². The minimum atomic E-state index is -0.288. The second kappa shape index (κ2) is 8.29. The van der Waals surface area contributed by atoms with Crippen LogP contribution in [-0.2, 0) is 0 Å². The summed E-state index contributed by atoms with van der Waals surface area (Å²) in [5, 5.41) is 10.7. The fraction of sp³-hybridized carbons (Fsp3) is 0.389. The molecule has 0 aliphatic heterocycles. The van der Waals surface area contributed by atoms with Crippen molar-refractivity contribution >= 4 is 17.3 Å². The highest BCUT2D eigenvalue weighted by Crippen LogP contribution is 2.23. The van der Waals surface area contributed by atoms with Gasteiger partial charge in [-0.1, -0.05) is 0 Å². The molecule has 1 aromatic carbocycles. The Hall–Kier alpha value is -2.63. The Morgan fingerprint density at radius 3 is 2.42 bits per heavy atom. The standard InChI is InChI=1S/C18H24N4O2/c1-5-22(6-2)14-8-9-15(13(4)12-14)19-18(23)16-10-11-17(21-20-16)24-7-3/h8-12H,5-7H2,1-4H3,(H,19,23). The summed E-state index contributed by atoms with van der Waals surface area (Å²) in [7, 11) is 0. The van der Waals surface area contributed by atoms with E-state index in [1.807, 2.05) is 26.0 Å². The summed E-state index contributed by atoms with van der Waals surface area (Å²) >= 11 is 0. The van der Waals surface area contributed by atoms with Crippen LogP contribution in [0.3, 0.4) is 0 Å². The van der Waals surface area contributed by atoms with Gasteiger partial charge in [0.1, 0.15) is 0 Å². The van der Waals surface area contributed by atoms with Gasteiger partial charge in [0.15, 0.2) is 5.69 Å². The number of nitrogens with one attached hydrogen (secondary N) is 1. The molecule has 2 rings (SSSR count). The number of carbonyl (C=O) groups is 1. The maximum Gasteiger partial charge on any atom is 0.276 e. The molecule has 6 nitrogen and oxygen atoms in total. The number of anilines is 2. The number of carbonyl (C=O) groups excluding carboxylic acids is 1. The third kappa shape index (κ3) is 4.22. The molecule has 0 aliphatic carbocycles. The van der Waals surface area contributed by atoms with Gasteiger partial charge in [-0.2, -0.15) is 0 Å². The van der Waals surface area contributed by atoms with Crippen LogP contribution in [0.25, 0.3) is 0 Å². The predicted molar refractivity (Wildman–Crippen MR) is 95.9 cm³/mol. The van der Waals surface area contributed by atoms with Crippen LogP contribution >= 0.6 is 0 Å². The van der Waals surface area contributed by atoms with Gasteiger partial charge >= 0.3 is 0 Å². The van der Waals surface area contributed by atoms with Gasteiger partial charge in [0.05, 0.1) is 6.61 Å². The normalized spacial score (nSPS) is 10.3. The van der Waals surface area contributed by atoms with Gasteiger partial charge in [0, 0.05) is 30.5 Å². The molecule has 24 heavy (non-hydrogen) atoms. The third-order valence-corrected chi connectivity index (χ3v) is 3.75. The van der Waals surface area contributed by atoms with Crippen LogP contribution in [0.2, 0.25) is 0 Å². The first kappa shape index (κ1) is 17.7. The van der Waals surface area contributed by atoms with E-state index in [0.29, 0.717) is 12.5 Å². The first-order valence-corrected chi connectivity index (χ1v) is 8.22. The number of rotatable bonds is 7. The largest absolute Gasteiger partial charge is 0.477 e. The van der Waals surface area contributed by atoms with Gasteiger partial charge in [-0.05, 0) is 57.5 Å². The van der Waals surface area contributed by atoms with Crippen molar-refractivity contribution in [2.24, 2.45) is 0 Å². The molecule has 1 N–H and O–H groups in total. The lowest BCUT2D eigenvalue weighted by Crippen LogP contribution is -2.22. The van der Waals surface area contributed by atoms with Crippen LogP contribution in [0, 0.1) is 6.92 Å². The molecule has 128 valence electrons. The number of hydrogen-bond donors (Lipinski definition) is 1. The molecule has 0 fully saturated rings. The molecule has 0 atom stereocenters. The summed E-state index contributed by atoms with van der Waals surface area (Å²) in [6.07, 6.45) is 0. The van der Waals surface area contributed by atoms with Gasteiger partial charge < -0.3 is 15.0 Å². The zero-order valence-electron chi connectivity index (χ0n) is 14.7. The topological polar surface area (TPSA) is 67.3 Å². The maximum atomic E-state index is 12.3. The molecule has 2 aromatic rings. The monoisotopic (exact) mass is 328 g/mol. The average molecular weight is 328 g/mol. The molecule has 1 heterocycles. The Labute approximate surface area is 142 Å². The van der Waals surface area contributed by atoms with Crippen molar-refractivity contribution in [1.29, 1.82) is 0 Å². The SMILES string of the molecule is CCOc1ccc(C(=O)Nc2ccc(N(CC)CC)cc2C)nn1. The van der Waals surface area contributed by atoms with Gasteiger partial charge in [-0.3, -0.25) is 4.79 Å². The lowest BCUT2D eigenvalue weighted by molar-refractivity contribution is 0.102. The Balaban J connectivity index is 2.11. The summed E-state index contributed by atoms with van der Waals surface area (Å²) in [6.45, 7) is 10.5. The molecule has 0 aliphatic rings. The van der Waals surface area contributed by atoms with E-state index in [9.17, 15) is 4.79 Å². The Kier molecular flexibility index (Phi) is 6.12. The van der Waals surface area contributed by atoms with Crippen LogP contribution in [0.15, 0.2) is 30.3 Å². The van der Waals surface area contributed by atoms with E-state index < -0.39 is 0 Å². The van der Waals surface area contributed by atoms with E-state index >= 15 is 0 Å². The molecule has 1 aromatic heterocycles. The van der Waals surface area contributed by atoms with Crippen LogP contribution in [-0.4, -0.2) is 35.8 Å². The number of amides is 1. The lowest BCUT2D eigenvalue weighted by Gasteiger charge is -2.22. The number of aryl methyl sites for hydroxylation is 1. The molecule has 0 bridgehead atoms. The molecule has 1 amide bonds. The average Bonchev–Trinajstić information content (AvgIpc) is 2.59. The van der Waals surface area contributed by atoms with E-state index in [-0.39, 0.29) is 11.6 Å². The predicted octanol–water partition coefficient (Wildman–Crippen LogP) is 3.28. The minimum absolute atomic E-state index is 0.255. The third-order valence-electron chi connectivity index (χ3n) is 3.75. The van der Waals surface area contributed by atoms with Gasteiger partial charge in [0.2, 0.25) is 5.88 Å². The van der Waals surface area contributed by atoms with Crippen LogP contribution in [0.5, 0.6) is 5.88 Å². The Bertz CT molecular complexity index is 682. The number of hydrogen-bond acceptors (Lipinski definition) is 5. The van der Waals surface area contributed by atoms with Crippen LogP contribution in [0.4, 0.5) is 11.4 Å². The lowest BCUT2D eigenvalue weighted by atomic mass is 10.1. The van der Waals surface area contributed by atoms with E-state index in [2.05, 4.69) is 40.3 Å².